The number of para-hydroxylation sites is 1. The van der Waals surface area contributed by atoms with Gasteiger partial charge in [0, 0.05) is 25.2 Å². The Bertz CT molecular complexity index is 462. The largest absolute Gasteiger partial charge is 0.481 e. The molecule has 0 saturated carbocycles. The SMILES string of the molecule is CCN(CCC(=O)O)C(=O)C1Cc2ccccc2N1. The highest BCUT2D eigenvalue weighted by Crippen LogP contribution is 2.25. The maximum Gasteiger partial charge on any atom is 0.305 e. The lowest BCUT2D eigenvalue weighted by Gasteiger charge is -2.23. The Morgan fingerprint density at radius 1 is 1.42 bits per heavy atom. The average Bonchev–Trinajstić information content (AvgIpc) is 2.82. The van der Waals surface area contributed by atoms with E-state index in [2.05, 4.69) is 5.32 Å². The summed E-state index contributed by atoms with van der Waals surface area (Å²) in [5, 5.41) is 11.9. The first-order valence-electron chi connectivity index (χ1n) is 6.47. The van der Waals surface area contributed by atoms with Crippen LogP contribution in [0.15, 0.2) is 24.3 Å². The first-order chi connectivity index (χ1) is 9.11. The van der Waals surface area contributed by atoms with E-state index in [-0.39, 0.29) is 24.9 Å². The molecular formula is C14H18N2O3. The van der Waals surface area contributed by atoms with Gasteiger partial charge in [0.05, 0.1) is 6.42 Å². The molecule has 2 N–H and O–H groups in total. The topological polar surface area (TPSA) is 69.6 Å². The first-order valence-corrected chi connectivity index (χ1v) is 6.47. The maximum atomic E-state index is 12.3. The number of amides is 1. The average molecular weight is 262 g/mol. The standard InChI is InChI=1S/C14H18N2O3/c1-2-16(8-7-13(17)18)14(19)12-9-10-5-3-4-6-11(10)15-12/h3-6,12,15H,2,7-9H2,1H3,(H,17,18). The number of carbonyl (C=O) groups excluding carboxylic acids is 1. The Hall–Kier alpha value is -2.04. The zero-order chi connectivity index (χ0) is 13.8. The molecule has 1 aromatic carbocycles. The predicted molar refractivity (Wildman–Crippen MR) is 72.1 cm³/mol. The van der Waals surface area contributed by atoms with Crippen molar-refractivity contribution in [2.75, 3.05) is 18.4 Å². The molecule has 2 rings (SSSR count). The molecule has 5 heteroatoms. The van der Waals surface area contributed by atoms with Crippen molar-refractivity contribution in [2.24, 2.45) is 0 Å². The molecule has 0 aliphatic carbocycles. The lowest BCUT2D eigenvalue weighted by Crippen LogP contribution is -2.42. The van der Waals surface area contributed by atoms with Crippen LogP contribution in [0.3, 0.4) is 0 Å². The summed E-state index contributed by atoms with van der Waals surface area (Å²) in [5.41, 5.74) is 2.13. The van der Waals surface area contributed by atoms with Gasteiger partial charge >= 0.3 is 5.97 Å². The van der Waals surface area contributed by atoms with E-state index < -0.39 is 5.97 Å². The van der Waals surface area contributed by atoms with Crippen molar-refractivity contribution < 1.29 is 14.7 Å². The van der Waals surface area contributed by atoms with Crippen molar-refractivity contribution in [3.63, 3.8) is 0 Å². The van der Waals surface area contributed by atoms with Gasteiger partial charge in [-0.25, -0.2) is 0 Å². The van der Waals surface area contributed by atoms with Crippen LogP contribution in [0.1, 0.15) is 18.9 Å². The molecule has 0 aromatic heterocycles. The minimum atomic E-state index is -0.881. The van der Waals surface area contributed by atoms with Gasteiger partial charge in [-0.3, -0.25) is 9.59 Å². The minimum Gasteiger partial charge on any atom is -0.481 e. The number of hydrogen-bond donors (Lipinski definition) is 2. The molecule has 1 heterocycles. The lowest BCUT2D eigenvalue weighted by atomic mass is 10.1. The van der Waals surface area contributed by atoms with Crippen molar-refractivity contribution in [2.45, 2.75) is 25.8 Å². The summed E-state index contributed by atoms with van der Waals surface area (Å²) in [5.74, 6) is -0.908. The summed E-state index contributed by atoms with van der Waals surface area (Å²) in [6.45, 7) is 2.65. The summed E-state index contributed by atoms with van der Waals surface area (Å²) in [6, 6.07) is 7.57. The number of anilines is 1. The third-order valence-electron chi connectivity index (χ3n) is 3.36. The number of carbonyl (C=O) groups is 2. The summed E-state index contributed by atoms with van der Waals surface area (Å²) >= 11 is 0. The van der Waals surface area contributed by atoms with E-state index in [1.54, 1.807) is 4.90 Å². The monoisotopic (exact) mass is 262 g/mol. The van der Waals surface area contributed by atoms with E-state index >= 15 is 0 Å². The Morgan fingerprint density at radius 3 is 2.79 bits per heavy atom. The molecule has 0 spiro atoms. The van der Waals surface area contributed by atoms with Crippen LogP contribution in [0.4, 0.5) is 5.69 Å². The quantitative estimate of drug-likeness (QED) is 0.840. The molecule has 1 unspecified atom stereocenters. The van der Waals surface area contributed by atoms with Gasteiger partial charge in [-0.05, 0) is 18.6 Å². The van der Waals surface area contributed by atoms with Crippen LogP contribution in [-0.4, -0.2) is 41.0 Å². The highest BCUT2D eigenvalue weighted by atomic mass is 16.4. The van der Waals surface area contributed by atoms with Crippen LogP contribution in [0.25, 0.3) is 0 Å². The fourth-order valence-corrected chi connectivity index (χ4v) is 2.32. The zero-order valence-corrected chi connectivity index (χ0v) is 10.9. The van der Waals surface area contributed by atoms with Crippen molar-refractivity contribution in [1.82, 2.24) is 4.90 Å². The molecule has 0 fully saturated rings. The molecule has 0 bridgehead atoms. The van der Waals surface area contributed by atoms with Gasteiger partial charge in [-0.2, -0.15) is 0 Å². The molecule has 5 nitrogen and oxygen atoms in total. The molecule has 0 saturated heterocycles. The van der Waals surface area contributed by atoms with E-state index in [9.17, 15) is 9.59 Å². The fourth-order valence-electron chi connectivity index (χ4n) is 2.32. The second-order valence-corrected chi connectivity index (χ2v) is 4.62. The maximum absolute atomic E-state index is 12.3. The third kappa shape index (κ3) is 3.05. The summed E-state index contributed by atoms with van der Waals surface area (Å²) < 4.78 is 0. The number of carboxylic acid groups (broad SMARTS) is 1. The van der Waals surface area contributed by atoms with E-state index in [4.69, 9.17) is 5.11 Å². The second-order valence-electron chi connectivity index (χ2n) is 4.62. The number of likely N-dealkylation sites (N-methyl/N-ethyl adjacent to an activating group) is 1. The van der Waals surface area contributed by atoms with Crippen LogP contribution in [0, 0.1) is 0 Å². The predicted octanol–water partition coefficient (Wildman–Crippen LogP) is 1.35. The van der Waals surface area contributed by atoms with Gasteiger partial charge < -0.3 is 15.3 Å². The van der Waals surface area contributed by atoms with Gasteiger partial charge in [0.1, 0.15) is 6.04 Å². The number of nitrogens with one attached hydrogen (secondary N) is 1. The van der Waals surface area contributed by atoms with Gasteiger partial charge in [-0.1, -0.05) is 18.2 Å². The highest BCUT2D eigenvalue weighted by molar-refractivity contribution is 5.87. The van der Waals surface area contributed by atoms with Crippen LogP contribution < -0.4 is 5.32 Å². The Kier molecular flexibility index (Phi) is 4.04. The Morgan fingerprint density at radius 2 is 2.16 bits per heavy atom. The van der Waals surface area contributed by atoms with Crippen molar-refractivity contribution >= 4 is 17.6 Å². The van der Waals surface area contributed by atoms with Crippen LogP contribution in [-0.2, 0) is 16.0 Å². The normalized spacial score (nSPS) is 16.6. The number of aliphatic carboxylic acids is 1. The van der Waals surface area contributed by atoms with E-state index in [0.29, 0.717) is 13.0 Å². The Labute approximate surface area is 112 Å². The van der Waals surface area contributed by atoms with Gasteiger partial charge in [-0.15, -0.1) is 0 Å². The summed E-state index contributed by atoms with van der Waals surface area (Å²) in [4.78, 5) is 24.5. The third-order valence-corrected chi connectivity index (χ3v) is 3.36. The van der Waals surface area contributed by atoms with Crippen LogP contribution in [0.2, 0.25) is 0 Å². The summed E-state index contributed by atoms with van der Waals surface area (Å²) in [7, 11) is 0. The number of hydrogen-bond acceptors (Lipinski definition) is 3. The van der Waals surface area contributed by atoms with Gasteiger partial charge in [0.2, 0.25) is 5.91 Å². The molecule has 0 radical (unpaired) electrons. The molecule has 19 heavy (non-hydrogen) atoms. The summed E-state index contributed by atoms with van der Waals surface area (Å²) in [6.07, 6.45) is 0.651. The molecule has 1 aliphatic heterocycles. The molecule has 102 valence electrons. The Balaban J connectivity index is 1.99. The van der Waals surface area contributed by atoms with Gasteiger partial charge in [0.25, 0.3) is 0 Å². The van der Waals surface area contributed by atoms with Crippen LogP contribution >= 0.6 is 0 Å². The minimum absolute atomic E-state index is 0.0146. The number of carboxylic acids is 1. The fraction of sp³-hybridized carbons (Fsp3) is 0.429. The highest BCUT2D eigenvalue weighted by Gasteiger charge is 2.29. The number of nitrogens with zero attached hydrogens (tertiary/aromatic N) is 1. The number of benzene rings is 1. The zero-order valence-electron chi connectivity index (χ0n) is 10.9. The lowest BCUT2D eigenvalue weighted by molar-refractivity contribution is -0.138. The van der Waals surface area contributed by atoms with Crippen molar-refractivity contribution in [3.05, 3.63) is 29.8 Å². The van der Waals surface area contributed by atoms with Crippen LogP contribution in [0.5, 0.6) is 0 Å². The van der Waals surface area contributed by atoms with E-state index in [1.807, 2.05) is 31.2 Å². The van der Waals surface area contributed by atoms with E-state index in [0.717, 1.165) is 11.3 Å². The number of rotatable bonds is 5. The van der Waals surface area contributed by atoms with Crippen molar-refractivity contribution in [1.29, 1.82) is 0 Å². The van der Waals surface area contributed by atoms with Crippen molar-refractivity contribution in [3.8, 4) is 0 Å². The molecule has 1 atom stereocenters. The molecule has 1 aliphatic rings. The van der Waals surface area contributed by atoms with Gasteiger partial charge in [0.15, 0.2) is 0 Å². The van der Waals surface area contributed by atoms with E-state index in [1.165, 1.54) is 0 Å². The molecule has 1 aromatic rings. The molecular weight excluding hydrogens is 244 g/mol. The second kappa shape index (κ2) is 5.73. The number of fused-ring (bicyclic) bond motifs is 1. The smallest absolute Gasteiger partial charge is 0.305 e. The first kappa shape index (κ1) is 13.4. The molecule has 1 amide bonds.